The van der Waals surface area contributed by atoms with E-state index in [-0.39, 0.29) is 23.7 Å². The van der Waals surface area contributed by atoms with E-state index in [1.54, 1.807) is 0 Å². The molecule has 8 atom stereocenters. The number of rotatable bonds is 0. The van der Waals surface area contributed by atoms with Crippen LogP contribution in [0.15, 0.2) is 24.3 Å². The van der Waals surface area contributed by atoms with Gasteiger partial charge in [0.15, 0.2) is 0 Å². The van der Waals surface area contributed by atoms with Gasteiger partial charge in [-0.1, -0.05) is 24.3 Å². The van der Waals surface area contributed by atoms with E-state index in [0.717, 1.165) is 0 Å². The maximum absolute atomic E-state index is 13.4. The minimum Gasteiger partial charge on any atom is -0.299 e. The van der Waals surface area contributed by atoms with Crippen LogP contribution in [0.3, 0.4) is 0 Å². The number of ketones is 2. The van der Waals surface area contributed by atoms with Crippen LogP contribution in [0.4, 0.5) is 0 Å². The molecule has 0 heterocycles. The molecule has 5 fully saturated rings. The second kappa shape index (κ2) is 2.95. The van der Waals surface area contributed by atoms with Crippen LogP contribution < -0.4 is 0 Å². The Morgan fingerprint density at radius 3 is 1.09 bits per heavy atom. The first-order chi connectivity index (χ1) is 10.7. The molecule has 7 rings (SSSR count). The molecule has 0 unspecified atom stereocenters. The molecular weight excluding hydrogens is 272 g/mol. The number of allylic oxidation sites excluding steroid dienone is 4. The van der Waals surface area contributed by atoms with Crippen molar-refractivity contribution in [2.24, 2.45) is 58.2 Å². The third kappa shape index (κ3) is 0.871. The topological polar surface area (TPSA) is 34.1 Å². The van der Waals surface area contributed by atoms with Crippen molar-refractivity contribution in [3.63, 3.8) is 0 Å². The van der Waals surface area contributed by atoms with Gasteiger partial charge in [-0.25, -0.2) is 0 Å². The molecule has 0 saturated heterocycles. The van der Waals surface area contributed by atoms with Crippen molar-refractivity contribution in [3.05, 3.63) is 24.3 Å². The lowest BCUT2D eigenvalue weighted by Gasteiger charge is -2.40. The van der Waals surface area contributed by atoms with Gasteiger partial charge in [0, 0.05) is 23.7 Å². The van der Waals surface area contributed by atoms with E-state index in [1.807, 2.05) is 0 Å². The summed E-state index contributed by atoms with van der Waals surface area (Å²) in [5, 5.41) is 0. The van der Waals surface area contributed by atoms with Gasteiger partial charge in [-0.3, -0.25) is 9.59 Å². The molecule has 7 aliphatic carbocycles. The summed E-state index contributed by atoms with van der Waals surface area (Å²) < 4.78 is 0. The summed E-state index contributed by atoms with van der Waals surface area (Å²) in [5.41, 5.74) is 0.673. The summed E-state index contributed by atoms with van der Waals surface area (Å²) in [6.07, 6.45) is 14.2. The Morgan fingerprint density at radius 1 is 0.591 bits per heavy atom. The molecular formula is C20H20O2. The van der Waals surface area contributed by atoms with Crippen LogP contribution in [0, 0.1) is 58.2 Å². The minimum absolute atomic E-state index is 0.0507. The third-order valence-corrected chi connectivity index (χ3v) is 9.00. The summed E-state index contributed by atoms with van der Waals surface area (Å²) in [6, 6.07) is 0. The highest BCUT2D eigenvalue weighted by atomic mass is 16.1. The highest BCUT2D eigenvalue weighted by molar-refractivity contribution is 6.03. The summed E-state index contributed by atoms with van der Waals surface area (Å²) >= 11 is 0. The monoisotopic (exact) mass is 292 g/mol. The summed E-state index contributed by atoms with van der Waals surface area (Å²) in [7, 11) is 0. The van der Waals surface area contributed by atoms with Gasteiger partial charge in [-0.2, -0.15) is 0 Å². The number of hydrogen-bond acceptors (Lipinski definition) is 2. The van der Waals surface area contributed by atoms with Crippen LogP contribution in [0.1, 0.15) is 25.7 Å². The molecule has 7 aliphatic rings. The lowest BCUT2D eigenvalue weighted by Crippen LogP contribution is -2.50. The highest BCUT2D eigenvalue weighted by Gasteiger charge is 2.78. The zero-order valence-electron chi connectivity index (χ0n) is 12.6. The second-order valence-corrected chi connectivity index (χ2v) is 9.25. The lowest BCUT2D eigenvalue weighted by atomic mass is 9.60. The van der Waals surface area contributed by atoms with Crippen LogP contribution in [0.5, 0.6) is 0 Å². The Hall–Kier alpha value is -1.18. The van der Waals surface area contributed by atoms with Gasteiger partial charge in [0.1, 0.15) is 11.6 Å². The molecule has 0 aromatic rings. The molecule has 5 saturated carbocycles. The summed E-state index contributed by atoms with van der Waals surface area (Å²) in [6.45, 7) is 0. The number of Topliss-reactive ketones (excluding diaryl/α,β-unsaturated/α-hetero) is 2. The van der Waals surface area contributed by atoms with E-state index in [1.165, 1.54) is 25.7 Å². The van der Waals surface area contributed by atoms with Crippen LogP contribution in [0.2, 0.25) is 0 Å². The molecule has 0 aromatic carbocycles. The Morgan fingerprint density at radius 2 is 0.864 bits per heavy atom. The minimum atomic E-state index is 0.0507. The Balaban J connectivity index is 1.41. The van der Waals surface area contributed by atoms with E-state index in [9.17, 15) is 9.59 Å². The third-order valence-electron chi connectivity index (χ3n) is 9.00. The number of fused-ring (bicyclic) bond motifs is 6. The average molecular weight is 292 g/mol. The van der Waals surface area contributed by atoms with Crippen LogP contribution in [-0.2, 0) is 9.59 Å². The van der Waals surface area contributed by atoms with Crippen molar-refractivity contribution in [1.29, 1.82) is 0 Å². The average Bonchev–Trinajstić information content (AvgIpc) is 3.37. The molecule has 112 valence electrons. The van der Waals surface area contributed by atoms with Crippen molar-refractivity contribution >= 4 is 11.6 Å². The van der Waals surface area contributed by atoms with Crippen LogP contribution in [-0.4, -0.2) is 11.6 Å². The van der Waals surface area contributed by atoms with Crippen molar-refractivity contribution in [2.75, 3.05) is 0 Å². The maximum Gasteiger partial charge on any atom is 0.141 e. The molecule has 0 radical (unpaired) electrons. The predicted octanol–water partition coefficient (Wildman–Crippen LogP) is 2.80. The SMILES string of the molecule is O=C1[C@@H]2[C@H](C(=O)[C@H]3[C@H]1[C@H]1C=C[C@H]3C13CC3)[C@@H]1C=C[C@@H]2C12CC2. The molecule has 0 N–H and O–H groups in total. The quantitative estimate of drug-likeness (QED) is 0.643. The number of carbonyl (C=O) groups excluding carboxylic acids is 2. The van der Waals surface area contributed by atoms with Crippen LogP contribution >= 0.6 is 0 Å². The van der Waals surface area contributed by atoms with E-state index >= 15 is 0 Å². The van der Waals surface area contributed by atoms with Crippen molar-refractivity contribution in [2.45, 2.75) is 25.7 Å². The normalized spacial score (nSPS) is 58.7. The van der Waals surface area contributed by atoms with E-state index in [4.69, 9.17) is 0 Å². The molecule has 2 heteroatoms. The summed E-state index contributed by atoms with van der Waals surface area (Å²) in [5.74, 6) is 2.78. The number of carbonyl (C=O) groups is 2. The first-order valence-corrected chi connectivity index (χ1v) is 9.13. The molecule has 2 nitrogen and oxygen atoms in total. The Labute approximate surface area is 130 Å². The van der Waals surface area contributed by atoms with Gasteiger partial charge >= 0.3 is 0 Å². The van der Waals surface area contributed by atoms with Gasteiger partial charge in [0.2, 0.25) is 0 Å². The smallest absolute Gasteiger partial charge is 0.141 e. The van der Waals surface area contributed by atoms with Gasteiger partial charge in [-0.15, -0.1) is 0 Å². The van der Waals surface area contributed by atoms with Gasteiger partial charge in [0.05, 0.1) is 0 Å². The zero-order valence-corrected chi connectivity index (χ0v) is 12.6. The van der Waals surface area contributed by atoms with Crippen molar-refractivity contribution < 1.29 is 9.59 Å². The zero-order chi connectivity index (χ0) is 14.4. The Bertz CT molecular complexity index is 610. The largest absolute Gasteiger partial charge is 0.299 e. The van der Waals surface area contributed by atoms with E-state index < -0.39 is 0 Å². The van der Waals surface area contributed by atoms with Crippen LogP contribution in [0.25, 0.3) is 0 Å². The molecule has 22 heavy (non-hydrogen) atoms. The number of hydrogen-bond donors (Lipinski definition) is 0. The van der Waals surface area contributed by atoms with Gasteiger partial charge < -0.3 is 0 Å². The fraction of sp³-hybridized carbons (Fsp3) is 0.700. The molecule has 0 aliphatic heterocycles. The van der Waals surface area contributed by atoms with Gasteiger partial charge in [-0.05, 0) is 60.2 Å². The lowest BCUT2D eigenvalue weighted by molar-refractivity contribution is -0.148. The fourth-order valence-corrected chi connectivity index (χ4v) is 7.97. The van der Waals surface area contributed by atoms with Crippen molar-refractivity contribution in [3.8, 4) is 0 Å². The molecule has 2 spiro atoms. The Kier molecular flexibility index (Phi) is 1.52. The summed E-state index contributed by atoms with van der Waals surface area (Å²) in [4.78, 5) is 26.8. The van der Waals surface area contributed by atoms with E-state index in [2.05, 4.69) is 24.3 Å². The van der Waals surface area contributed by atoms with Crippen molar-refractivity contribution in [1.82, 2.24) is 0 Å². The van der Waals surface area contributed by atoms with E-state index in [0.29, 0.717) is 46.1 Å². The fourth-order valence-electron chi connectivity index (χ4n) is 7.97. The first-order valence-electron chi connectivity index (χ1n) is 9.13. The highest BCUT2D eigenvalue weighted by Crippen LogP contribution is 2.78. The first kappa shape index (κ1) is 11.4. The molecule has 4 bridgehead atoms. The second-order valence-electron chi connectivity index (χ2n) is 9.25. The van der Waals surface area contributed by atoms with Gasteiger partial charge in [0.25, 0.3) is 0 Å². The standard InChI is InChI=1S/C20H20O2/c21-17-13-9-1-2-10(19(9)5-6-19)14(13)18(22)16-12-4-3-11(15(16)17)20(12)7-8-20/h1-4,9-16H,5-8H2/t9-,10-,11+,12+,13-,14-,15-,16+/m1/s1. The maximum atomic E-state index is 13.4. The predicted molar refractivity (Wildman–Crippen MR) is 79.5 cm³/mol. The molecule has 0 aromatic heterocycles. The molecule has 0 amide bonds.